The number of nitrogens with zero attached hydrogens (tertiary/aromatic N) is 1. The lowest BCUT2D eigenvalue weighted by Crippen LogP contribution is -2.04. The predicted octanol–water partition coefficient (Wildman–Crippen LogP) is 3.67. The summed E-state index contributed by atoms with van der Waals surface area (Å²) in [7, 11) is 0. The minimum absolute atomic E-state index is 0.0472. The molecule has 0 saturated heterocycles. The highest BCUT2D eigenvalue weighted by atomic mass is 19.1. The summed E-state index contributed by atoms with van der Waals surface area (Å²) in [5, 5.41) is 23.6. The minimum atomic E-state index is -0.719. The molecule has 2 aromatic rings. The average Bonchev–Trinajstić information content (AvgIpc) is 2.43. The van der Waals surface area contributed by atoms with Crippen LogP contribution in [-0.2, 0) is 6.54 Å². The molecular weight excluding hydrogens is 275 g/mol. The number of phenolic OH excluding ortho intramolecular Hbond substituents is 1. The number of halogens is 1. The smallest absolute Gasteiger partial charge is 0.292 e. The van der Waals surface area contributed by atoms with Gasteiger partial charge in [-0.2, -0.15) is 0 Å². The lowest BCUT2D eigenvalue weighted by atomic mass is 10.1. The Morgan fingerprint density at radius 3 is 2.62 bits per heavy atom. The number of nitro benzene ring substituents is 1. The molecule has 0 bridgehead atoms. The number of hydrogen-bond donors (Lipinski definition) is 2. The number of rotatable bonds is 4. The molecule has 0 amide bonds. The van der Waals surface area contributed by atoms with E-state index in [1.807, 2.05) is 6.92 Å². The molecular formula is C15H15FN2O3. The largest absolute Gasteiger partial charge is 0.505 e. The van der Waals surface area contributed by atoms with Gasteiger partial charge >= 0.3 is 0 Å². The van der Waals surface area contributed by atoms with Gasteiger partial charge in [0.15, 0.2) is 11.6 Å². The Labute approximate surface area is 121 Å². The van der Waals surface area contributed by atoms with Gasteiger partial charge in [-0.15, -0.1) is 0 Å². The molecule has 0 radical (unpaired) electrons. The zero-order valence-corrected chi connectivity index (χ0v) is 11.7. The maximum Gasteiger partial charge on any atom is 0.292 e. The summed E-state index contributed by atoms with van der Waals surface area (Å²) in [6.07, 6.45) is 0. The highest BCUT2D eigenvalue weighted by Gasteiger charge is 2.16. The number of aromatic hydroxyl groups is 1. The first-order valence-corrected chi connectivity index (χ1v) is 6.36. The Hall–Kier alpha value is -2.63. The molecule has 0 unspecified atom stereocenters. The van der Waals surface area contributed by atoms with Gasteiger partial charge in [-0.1, -0.05) is 12.1 Å². The third kappa shape index (κ3) is 3.10. The minimum Gasteiger partial charge on any atom is -0.505 e. The van der Waals surface area contributed by atoms with E-state index in [9.17, 15) is 19.6 Å². The van der Waals surface area contributed by atoms with Gasteiger partial charge < -0.3 is 10.4 Å². The first-order valence-electron chi connectivity index (χ1n) is 6.36. The molecule has 0 aliphatic heterocycles. The van der Waals surface area contributed by atoms with Crippen LogP contribution in [0.15, 0.2) is 30.3 Å². The second-order valence-electron chi connectivity index (χ2n) is 4.81. The molecule has 2 rings (SSSR count). The van der Waals surface area contributed by atoms with Crippen molar-refractivity contribution in [2.75, 3.05) is 5.32 Å². The van der Waals surface area contributed by atoms with Crippen molar-refractivity contribution in [3.8, 4) is 5.75 Å². The molecule has 21 heavy (non-hydrogen) atoms. The highest BCUT2D eigenvalue weighted by Crippen LogP contribution is 2.29. The van der Waals surface area contributed by atoms with Crippen LogP contribution in [0.3, 0.4) is 0 Å². The Morgan fingerprint density at radius 2 is 1.95 bits per heavy atom. The van der Waals surface area contributed by atoms with Crippen molar-refractivity contribution in [2.45, 2.75) is 20.4 Å². The van der Waals surface area contributed by atoms with Crippen LogP contribution in [0.4, 0.5) is 15.8 Å². The van der Waals surface area contributed by atoms with Gasteiger partial charge in [-0.25, -0.2) is 4.39 Å². The van der Waals surface area contributed by atoms with E-state index in [1.54, 1.807) is 19.1 Å². The Balaban J connectivity index is 2.29. The molecule has 0 fully saturated rings. The van der Waals surface area contributed by atoms with Gasteiger partial charge in [0.05, 0.1) is 4.92 Å². The summed E-state index contributed by atoms with van der Waals surface area (Å²) in [5.41, 5.74) is 2.36. The summed E-state index contributed by atoms with van der Waals surface area (Å²) >= 11 is 0. The lowest BCUT2D eigenvalue weighted by Gasteiger charge is -2.11. The molecule has 5 nitrogen and oxygen atoms in total. The van der Waals surface area contributed by atoms with E-state index >= 15 is 0 Å². The van der Waals surface area contributed by atoms with Crippen LogP contribution in [0.25, 0.3) is 0 Å². The van der Waals surface area contributed by atoms with Crippen molar-refractivity contribution in [1.82, 2.24) is 0 Å². The molecule has 0 aliphatic carbocycles. The van der Waals surface area contributed by atoms with Crippen molar-refractivity contribution in [3.63, 3.8) is 0 Å². The topological polar surface area (TPSA) is 75.4 Å². The molecule has 0 spiro atoms. The first-order chi connectivity index (χ1) is 9.90. The molecule has 6 heteroatoms. The van der Waals surface area contributed by atoms with Crippen molar-refractivity contribution in [1.29, 1.82) is 0 Å². The third-order valence-corrected chi connectivity index (χ3v) is 3.35. The normalized spacial score (nSPS) is 10.4. The number of hydrogen-bond acceptors (Lipinski definition) is 4. The number of benzene rings is 2. The van der Waals surface area contributed by atoms with Gasteiger partial charge in [0.2, 0.25) is 0 Å². The summed E-state index contributed by atoms with van der Waals surface area (Å²) in [4.78, 5) is 10.6. The monoisotopic (exact) mass is 290 g/mol. The number of phenols is 1. The van der Waals surface area contributed by atoms with E-state index in [4.69, 9.17) is 0 Å². The molecule has 2 N–H and O–H groups in total. The van der Waals surface area contributed by atoms with Crippen molar-refractivity contribution < 1.29 is 14.4 Å². The zero-order chi connectivity index (χ0) is 15.6. The van der Waals surface area contributed by atoms with Crippen LogP contribution in [0, 0.1) is 29.8 Å². The lowest BCUT2D eigenvalue weighted by molar-refractivity contribution is -0.384. The summed E-state index contributed by atoms with van der Waals surface area (Å²) in [6.45, 7) is 3.74. The fourth-order valence-corrected chi connectivity index (χ4v) is 1.99. The van der Waals surface area contributed by atoms with Gasteiger partial charge in [0.25, 0.3) is 5.69 Å². The van der Waals surface area contributed by atoms with Gasteiger partial charge in [0, 0.05) is 18.2 Å². The molecule has 0 atom stereocenters. The number of aryl methyl sites for hydroxylation is 2. The number of para-hydroxylation sites is 1. The van der Waals surface area contributed by atoms with Crippen LogP contribution in [0.5, 0.6) is 5.75 Å². The van der Waals surface area contributed by atoms with E-state index in [0.717, 1.165) is 17.2 Å². The van der Waals surface area contributed by atoms with Gasteiger partial charge in [-0.05, 0) is 37.1 Å². The summed E-state index contributed by atoms with van der Waals surface area (Å²) in [6, 6.07) is 7.34. The van der Waals surface area contributed by atoms with E-state index in [-0.39, 0.29) is 12.2 Å². The second-order valence-corrected chi connectivity index (χ2v) is 4.81. The third-order valence-electron chi connectivity index (χ3n) is 3.35. The second kappa shape index (κ2) is 5.78. The number of anilines is 1. The standard InChI is InChI=1S/C15H15FN2O3/c1-9-6-13(14(18(20)21)7-10(9)2)17-8-11-4-3-5-12(16)15(11)19/h3-7,17,19H,8H2,1-2H3. The summed E-state index contributed by atoms with van der Waals surface area (Å²) in [5.74, 6) is -1.17. The Morgan fingerprint density at radius 1 is 1.29 bits per heavy atom. The molecule has 0 saturated carbocycles. The van der Waals surface area contributed by atoms with Crippen LogP contribution in [0.1, 0.15) is 16.7 Å². The predicted molar refractivity (Wildman–Crippen MR) is 78.0 cm³/mol. The number of nitro groups is 1. The van der Waals surface area contributed by atoms with Crippen molar-refractivity contribution in [2.24, 2.45) is 0 Å². The van der Waals surface area contributed by atoms with E-state index < -0.39 is 16.5 Å². The van der Waals surface area contributed by atoms with Gasteiger partial charge in [0.1, 0.15) is 5.69 Å². The van der Waals surface area contributed by atoms with Crippen molar-refractivity contribution in [3.05, 3.63) is 63.0 Å². The molecule has 2 aromatic carbocycles. The van der Waals surface area contributed by atoms with E-state index in [0.29, 0.717) is 11.3 Å². The number of nitrogens with one attached hydrogen (secondary N) is 1. The first kappa shape index (κ1) is 14.8. The quantitative estimate of drug-likeness (QED) is 0.665. The van der Waals surface area contributed by atoms with Crippen LogP contribution < -0.4 is 5.32 Å². The van der Waals surface area contributed by atoms with E-state index in [2.05, 4.69) is 5.32 Å². The summed E-state index contributed by atoms with van der Waals surface area (Å²) < 4.78 is 13.2. The maximum absolute atomic E-state index is 13.2. The fraction of sp³-hybridized carbons (Fsp3) is 0.200. The molecule has 110 valence electrons. The highest BCUT2D eigenvalue weighted by molar-refractivity contribution is 5.64. The van der Waals surface area contributed by atoms with E-state index in [1.165, 1.54) is 12.1 Å². The van der Waals surface area contributed by atoms with Gasteiger partial charge in [-0.3, -0.25) is 10.1 Å². The maximum atomic E-state index is 13.2. The van der Waals surface area contributed by atoms with Crippen molar-refractivity contribution >= 4 is 11.4 Å². The molecule has 0 aromatic heterocycles. The fourth-order valence-electron chi connectivity index (χ4n) is 1.99. The zero-order valence-electron chi connectivity index (χ0n) is 11.7. The van der Waals surface area contributed by atoms with Crippen LogP contribution >= 0.6 is 0 Å². The SMILES string of the molecule is Cc1cc(NCc2cccc(F)c2O)c([N+](=O)[O-])cc1C. The molecule has 0 aliphatic rings. The Kier molecular flexibility index (Phi) is 4.07. The van der Waals surface area contributed by atoms with Crippen LogP contribution in [-0.4, -0.2) is 10.0 Å². The van der Waals surface area contributed by atoms with Crippen LogP contribution in [0.2, 0.25) is 0 Å². The Bertz CT molecular complexity index is 702. The molecule has 0 heterocycles. The average molecular weight is 290 g/mol.